The van der Waals surface area contributed by atoms with Crippen LogP contribution in [-0.2, 0) is 9.59 Å². The maximum Gasteiger partial charge on any atom is 0.243 e. The Morgan fingerprint density at radius 2 is 1.67 bits per heavy atom. The molecule has 1 saturated heterocycles. The summed E-state index contributed by atoms with van der Waals surface area (Å²) in [6.45, 7) is 5.00. The zero-order chi connectivity index (χ0) is 23.6. The molecule has 174 valence electrons. The van der Waals surface area contributed by atoms with Gasteiger partial charge in [-0.25, -0.2) is 0 Å². The summed E-state index contributed by atoms with van der Waals surface area (Å²) in [5, 5.41) is 3.25. The lowest BCUT2D eigenvalue weighted by atomic mass is 9.95. The molecule has 1 aliphatic rings. The minimum Gasteiger partial charge on any atom is -0.343 e. The van der Waals surface area contributed by atoms with Gasteiger partial charge in [0.25, 0.3) is 0 Å². The molecule has 0 saturated carbocycles. The van der Waals surface area contributed by atoms with E-state index >= 15 is 0 Å². The van der Waals surface area contributed by atoms with Gasteiger partial charge in [-0.1, -0.05) is 74.9 Å². The van der Waals surface area contributed by atoms with Crippen molar-refractivity contribution in [2.24, 2.45) is 0 Å². The van der Waals surface area contributed by atoms with Crippen molar-refractivity contribution in [2.75, 3.05) is 6.54 Å². The fourth-order valence-corrected chi connectivity index (χ4v) is 4.48. The van der Waals surface area contributed by atoms with Crippen LogP contribution in [0.2, 0.25) is 0 Å². The number of carbonyl (C=O) groups is 2. The van der Waals surface area contributed by atoms with Crippen molar-refractivity contribution < 1.29 is 9.59 Å². The van der Waals surface area contributed by atoms with Crippen molar-refractivity contribution in [3.05, 3.63) is 71.3 Å². The smallest absolute Gasteiger partial charge is 0.243 e. The molecule has 0 aliphatic carbocycles. The summed E-state index contributed by atoms with van der Waals surface area (Å²) in [5.74, 6) is 3.09. The Balaban J connectivity index is 1.71. The van der Waals surface area contributed by atoms with E-state index in [1.165, 1.54) is 5.56 Å². The summed E-state index contributed by atoms with van der Waals surface area (Å²) in [4.78, 5) is 28.0. The standard InChI is InChI=1S/C29H36N2O2/c1-4-5-6-7-11-16-27(32)31-21-12-15-26(31)29(33)30-28(24-13-9-8-10-14-24)25-19-17-23(18-20-25)22(2)3/h1,8-10,13-14,17-20,22,26,28H,5-7,11-12,15-16,21H2,2-3H3,(H,30,33). The van der Waals surface area contributed by atoms with Gasteiger partial charge in [-0.2, -0.15) is 0 Å². The Morgan fingerprint density at radius 3 is 2.33 bits per heavy atom. The van der Waals surface area contributed by atoms with E-state index in [0.29, 0.717) is 25.3 Å². The molecule has 0 radical (unpaired) electrons. The molecule has 2 aromatic carbocycles. The van der Waals surface area contributed by atoms with Crippen LogP contribution < -0.4 is 5.32 Å². The Labute approximate surface area is 198 Å². The summed E-state index contributed by atoms with van der Waals surface area (Å²) < 4.78 is 0. The van der Waals surface area contributed by atoms with Crippen molar-refractivity contribution in [1.29, 1.82) is 0 Å². The first kappa shape index (κ1) is 24.6. The van der Waals surface area contributed by atoms with E-state index in [1.54, 1.807) is 4.90 Å². The predicted octanol–water partition coefficient (Wildman–Crippen LogP) is 5.59. The molecule has 0 aromatic heterocycles. The van der Waals surface area contributed by atoms with Crippen LogP contribution in [0.4, 0.5) is 0 Å². The van der Waals surface area contributed by atoms with E-state index in [9.17, 15) is 9.59 Å². The number of terminal acetylenes is 1. The average Bonchev–Trinajstić information content (AvgIpc) is 3.33. The number of rotatable bonds is 10. The highest BCUT2D eigenvalue weighted by molar-refractivity contribution is 5.88. The largest absolute Gasteiger partial charge is 0.343 e. The van der Waals surface area contributed by atoms with E-state index in [-0.39, 0.29) is 17.9 Å². The van der Waals surface area contributed by atoms with Gasteiger partial charge in [0.1, 0.15) is 6.04 Å². The van der Waals surface area contributed by atoms with Crippen molar-refractivity contribution >= 4 is 11.8 Å². The molecule has 2 atom stereocenters. The molecule has 1 N–H and O–H groups in total. The lowest BCUT2D eigenvalue weighted by Crippen LogP contribution is -2.47. The molecule has 4 nitrogen and oxygen atoms in total. The van der Waals surface area contributed by atoms with Gasteiger partial charge < -0.3 is 10.2 Å². The monoisotopic (exact) mass is 444 g/mol. The summed E-state index contributed by atoms with van der Waals surface area (Å²) in [5.41, 5.74) is 3.35. The summed E-state index contributed by atoms with van der Waals surface area (Å²) >= 11 is 0. The summed E-state index contributed by atoms with van der Waals surface area (Å²) in [6.07, 6.45) is 10.8. The van der Waals surface area contributed by atoms with Gasteiger partial charge in [0.15, 0.2) is 0 Å². The molecule has 3 rings (SSSR count). The van der Waals surface area contributed by atoms with Crippen molar-refractivity contribution in [1.82, 2.24) is 10.2 Å². The minimum atomic E-state index is -0.399. The second kappa shape index (κ2) is 12.3. The fourth-order valence-electron chi connectivity index (χ4n) is 4.48. The molecular weight excluding hydrogens is 408 g/mol. The Hall–Kier alpha value is -3.06. The molecule has 1 aliphatic heterocycles. The van der Waals surface area contributed by atoms with Gasteiger partial charge in [0, 0.05) is 19.4 Å². The molecule has 0 spiro atoms. The zero-order valence-electron chi connectivity index (χ0n) is 19.9. The maximum atomic E-state index is 13.4. The number of hydrogen-bond acceptors (Lipinski definition) is 2. The molecule has 1 fully saturated rings. The Morgan fingerprint density at radius 1 is 1.00 bits per heavy atom. The maximum absolute atomic E-state index is 13.4. The number of hydrogen-bond donors (Lipinski definition) is 1. The first-order valence-electron chi connectivity index (χ1n) is 12.2. The SMILES string of the molecule is C#CCCCCCC(=O)N1CCCC1C(=O)NC(c1ccccc1)c1ccc(C(C)C)cc1. The van der Waals surface area contributed by atoms with Crippen molar-refractivity contribution in [3.63, 3.8) is 0 Å². The first-order chi connectivity index (χ1) is 16.0. The van der Waals surface area contributed by atoms with Crippen LogP contribution in [0.5, 0.6) is 0 Å². The second-order valence-corrected chi connectivity index (χ2v) is 9.18. The van der Waals surface area contributed by atoms with Crippen LogP contribution in [0, 0.1) is 12.3 Å². The van der Waals surface area contributed by atoms with Crippen LogP contribution in [-0.4, -0.2) is 29.3 Å². The van der Waals surface area contributed by atoms with Crippen molar-refractivity contribution in [2.45, 2.75) is 76.8 Å². The van der Waals surface area contributed by atoms with Gasteiger partial charge >= 0.3 is 0 Å². The third-order valence-corrected chi connectivity index (χ3v) is 6.44. The van der Waals surface area contributed by atoms with E-state index in [0.717, 1.165) is 43.2 Å². The molecule has 2 amide bonds. The molecule has 0 bridgehead atoms. The molecule has 2 aromatic rings. The third-order valence-electron chi connectivity index (χ3n) is 6.44. The Kier molecular flexibility index (Phi) is 9.13. The van der Waals surface area contributed by atoms with Crippen LogP contribution in [0.15, 0.2) is 54.6 Å². The predicted molar refractivity (Wildman–Crippen MR) is 134 cm³/mol. The summed E-state index contributed by atoms with van der Waals surface area (Å²) in [6, 6.07) is 17.8. The minimum absolute atomic E-state index is 0.0741. The number of amides is 2. The highest BCUT2D eigenvalue weighted by Crippen LogP contribution is 2.26. The zero-order valence-corrected chi connectivity index (χ0v) is 19.9. The van der Waals surface area contributed by atoms with Gasteiger partial charge in [0.2, 0.25) is 11.8 Å². The number of unbranched alkanes of at least 4 members (excludes halogenated alkanes) is 3. The quantitative estimate of drug-likeness (QED) is 0.384. The van der Waals surface area contributed by atoms with E-state index in [4.69, 9.17) is 6.42 Å². The fraction of sp³-hybridized carbons (Fsp3) is 0.448. The Bertz CT molecular complexity index is 944. The van der Waals surface area contributed by atoms with E-state index < -0.39 is 6.04 Å². The number of nitrogens with zero attached hydrogens (tertiary/aromatic N) is 1. The number of likely N-dealkylation sites (tertiary alicyclic amines) is 1. The van der Waals surface area contributed by atoms with Gasteiger partial charge in [-0.15, -0.1) is 12.3 Å². The molecule has 1 heterocycles. The number of carbonyl (C=O) groups excluding carboxylic acids is 2. The third kappa shape index (κ3) is 6.71. The van der Waals surface area contributed by atoms with Gasteiger partial charge in [0.05, 0.1) is 6.04 Å². The highest BCUT2D eigenvalue weighted by atomic mass is 16.2. The van der Waals surface area contributed by atoms with Gasteiger partial charge in [-0.05, 0) is 48.3 Å². The molecule has 4 heteroatoms. The molecular formula is C29H36N2O2. The summed E-state index contributed by atoms with van der Waals surface area (Å²) in [7, 11) is 0. The second-order valence-electron chi connectivity index (χ2n) is 9.18. The van der Waals surface area contributed by atoms with Crippen molar-refractivity contribution in [3.8, 4) is 12.3 Å². The van der Waals surface area contributed by atoms with E-state index in [2.05, 4.69) is 49.4 Å². The highest BCUT2D eigenvalue weighted by Gasteiger charge is 2.34. The lowest BCUT2D eigenvalue weighted by molar-refractivity contribution is -0.138. The van der Waals surface area contributed by atoms with Gasteiger partial charge in [-0.3, -0.25) is 9.59 Å². The normalized spacial score (nSPS) is 16.4. The first-order valence-corrected chi connectivity index (χ1v) is 12.2. The average molecular weight is 445 g/mol. The van der Waals surface area contributed by atoms with Crippen LogP contribution in [0.1, 0.15) is 87.4 Å². The number of benzene rings is 2. The lowest BCUT2D eigenvalue weighted by Gasteiger charge is -2.27. The van der Waals surface area contributed by atoms with Crippen LogP contribution >= 0.6 is 0 Å². The molecule has 33 heavy (non-hydrogen) atoms. The van der Waals surface area contributed by atoms with E-state index in [1.807, 2.05) is 30.3 Å². The van der Waals surface area contributed by atoms with Crippen LogP contribution in [0.25, 0.3) is 0 Å². The van der Waals surface area contributed by atoms with Crippen LogP contribution in [0.3, 0.4) is 0 Å². The topological polar surface area (TPSA) is 49.4 Å². The molecule has 2 unspecified atom stereocenters. The number of nitrogens with one attached hydrogen (secondary N) is 1.